The van der Waals surface area contributed by atoms with Gasteiger partial charge in [0.1, 0.15) is 12.2 Å². The lowest BCUT2D eigenvalue weighted by Gasteiger charge is -2.28. The fraction of sp³-hybridized carbons (Fsp3) is 0.417. The second-order valence-electron chi connectivity index (χ2n) is 9.51. The molecule has 196 valence electrons. The van der Waals surface area contributed by atoms with Crippen molar-refractivity contribution in [2.24, 2.45) is 0 Å². The van der Waals surface area contributed by atoms with E-state index in [4.69, 9.17) is 9.47 Å². The van der Waals surface area contributed by atoms with Crippen molar-refractivity contribution in [2.45, 2.75) is 56.7 Å². The van der Waals surface area contributed by atoms with Gasteiger partial charge in [-0.15, -0.1) is 0 Å². The number of aryl methyl sites for hydroxylation is 1. The van der Waals surface area contributed by atoms with Crippen LogP contribution in [0.25, 0.3) is 0 Å². The summed E-state index contributed by atoms with van der Waals surface area (Å²) in [5.41, 5.74) is 0.816. The summed E-state index contributed by atoms with van der Waals surface area (Å²) >= 11 is 6.57. The maximum absolute atomic E-state index is 13.1. The fourth-order valence-electron chi connectivity index (χ4n) is 3.72. The van der Waals surface area contributed by atoms with Crippen molar-refractivity contribution in [1.82, 2.24) is 9.62 Å². The Bertz CT molecular complexity index is 1230. The van der Waals surface area contributed by atoms with Crippen LogP contribution in [0.1, 0.15) is 32.8 Å². The van der Waals surface area contributed by atoms with Crippen molar-refractivity contribution >= 4 is 59.8 Å². The van der Waals surface area contributed by atoms with Crippen LogP contribution in [0.3, 0.4) is 0 Å². The summed E-state index contributed by atoms with van der Waals surface area (Å²) in [7, 11) is -3.91. The SMILES string of the molecule is Cc1cccc(NC(=O)OC[C@H]2C[C@@H](NS(=O)(=O)c3cc(Br)ccc3Br)CN2C(=O)OC(C)(C)C)c1. The molecule has 0 saturated carbocycles. The molecule has 2 aromatic rings. The zero-order chi connectivity index (χ0) is 26.7. The molecule has 1 heterocycles. The highest BCUT2D eigenvalue weighted by molar-refractivity contribution is 9.11. The number of benzene rings is 2. The summed E-state index contributed by atoms with van der Waals surface area (Å²) in [6.07, 6.45) is -1.05. The Kier molecular flexibility index (Phi) is 9.07. The minimum absolute atomic E-state index is 0.0628. The summed E-state index contributed by atoms with van der Waals surface area (Å²) in [5, 5.41) is 2.65. The van der Waals surface area contributed by atoms with Crippen molar-refractivity contribution in [3.63, 3.8) is 0 Å². The van der Waals surface area contributed by atoms with Crippen LogP contribution in [0.4, 0.5) is 15.3 Å². The molecule has 9 nitrogen and oxygen atoms in total. The molecule has 1 aliphatic rings. The topological polar surface area (TPSA) is 114 Å². The largest absolute Gasteiger partial charge is 0.447 e. The molecular weight excluding hydrogens is 618 g/mol. The lowest BCUT2D eigenvalue weighted by atomic mass is 10.2. The van der Waals surface area contributed by atoms with Crippen molar-refractivity contribution < 1.29 is 27.5 Å². The Morgan fingerprint density at radius 1 is 1.14 bits per heavy atom. The minimum atomic E-state index is -3.91. The number of amides is 2. The number of likely N-dealkylation sites (tertiary alicyclic amines) is 1. The van der Waals surface area contributed by atoms with Crippen LogP contribution in [0, 0.1) is 6.92 Å². The van der Waals surface area contributed by atoms with Gasteiger partial charge in [0.25, 0.3) is 0 Å². The monoisotopic (exact) mass is 645 g/mol. The van der Waals surface area contributed by atoms with Gasteiger partial charge in [-0.25, -0.2) is 22.7 Å². The van der Waals surface area contributed by atoms with Crippen LogP contribution >= 0.6 is 31.9 Å². The van der Waals surface area contributed by atoms with E-state index >= 15 is 0 Å². The molecule has 1 aliphatic heterocycles. The van der Waals surface area contributed by atoms with Gasteiger partial charge in [-0.05, 0) is 85.9 Å². The maximum atomic E-state index is 13.1. The average Bonchev–Trinajstić information content (AvgIpc) is 3.15. The molecule has 3 rings (SSSR count). The van der Waals surface area contributed by atoms with Gasteiger partial charge < -0.3 is 14.4 Å². The smallest absolute Gasteiger partial charge is 0.411 e. The number of nitrogens with one attached hydrogen (secondary N) is 2. The molecule has 0 spiro atoms. The molecule has 2 N–H and O–H groups in total. The van der Waals surface area contributed by atoms with E-state index < -0.39 is 39.9 Å². The molecular formula is C24H29Br2N3O6S. The van der Waals surface area contributed by atoms with Crippen LogP contribution in [0.15, 0.2) is 56.3 Å². The first-order valence-electron chi connectivity index (χ1n) is 11.2. The Labute approximate surface area is 228 Å². The first-order chi connectivity index (χ1) is 16.7. The third-order valence-electron chi connectivity index (χ3n) is 5.22. The third-order valence-corrected chi connectivity index (χ3v) is 8.23. The van der Waals surface area contributed by atoms with Gasteiger partial charge in [0, 0.05) is 27.2 Å². The van der Waals surface area contributed by atoms with Gasteiger partial charge in [0.05, 0.1) is 10.9 Å². The van der Waals surface area contributed by atoms with Crippen molar-refractivity contribution in [2.75, 3.05) is 18.5 Å². The van der Waals surface area contributed by atoms with Gasteiger partial charge in [0.15, 0.2) is 0 Å². The quantitative estimate of drug-likeness (QED) is 0.433. The van der Waals surface area contributed by atoms with E-state index in [0.29, 0.717) is 14.6 Å². The predicted molar refractivity (Wildman–Crippen MR) is 143 cm³/mol. The highest BCUT2D eigenvalue weighted by atomic mass is 79.9. The van der Waals surface area contributed by atoms with E-state index in [1.54, 1.807) is 45.0 Å². The highest BCUT2D eigenvalue weighted by Gasteiger charge is 2.40. The first-order valence-corrected chi connectivity index (χ1v) is 14.3. The Hall–Kier alpha value is -2.15. The number of nitrogens with zero attached hydrogens (tertiary/aromatic N) is 1. The number of sulfonamides is 1. The first kappa shape index (κ1) is 28.4. The third kappa shape index (κ3) is 7.92. The molecule has 1 saturated heterocycles. The predicted octanol–water partition coefficient (Wildman–Crippen LogP) is 5.43. The highest BCUT2D eigenvalue weighted by Crippen LogP contribution is 2.28. The molecule has 12 heteroatoms. The normalized spacial score (nSPS) is 18.1. The van der Waals surface area contributed by atoms with Gasteiger partial charge in [-0.3, -0.25) is 5.32 Å². The number of anilines is 1. The number of halogens is 2. The average molecular weight is 647 g/mol. The Morgan fingerprint density at radius 3 is 2.53 bits per heavy atom. The van der Waals surface area contributed by atoms with Crippen LogP contribution in [-0.4, -0.2) is 56.3 Å². The number of carbonyl (C=O) groups excluding carboxylic acids is 2. The molecule has 0 aliphatic carbocycles. The summed E-state index contributed by atoms with van der Waals surface area (Å²) in [5.74, 6) is 0. The molecule has 2 aromatic carbocycles. The van der Waals surface area contributed by atoms with Crippen molar-refractivity contribution in [3.8, 4) is 0 Å². The van der Waals surface area contributed by atoms with Gasteiger partial charge in [-0.1, -0.05) is 28.1 Å². The van der Waals surface area contributed by atoms with Crippen molar-refractivity contribution in [3.05, 3.63) is 57.0 Å². The number of hydrogen-bond donors (Lipinski definition) is 2. The molecule has 0 unspecified atom stereocenters. The second-order valence-corrected chi connectivity index (χ2v) is 13.0. The van der Waals surface area contributed by atoms with Gasteiger partial charge in [-0.2, -0.15) is 0 Å². The van der Waals surface area contributed by atoms with E-state index in [9.17, 15) is 18.0 Å². The molecule has 0 bridgehead atoms. The van der Waals surface area contributed by atoms with E-state index in [-0.39, 0.29) is 24.5 Å². The van der Waals surface area contributed by atoms with Gasteiger partial charge >= 0.3 is 12.2 Å². The summed E-state index contributed by atoms with van der Waals surface area (Å²) in [4.78, 5) is 26.7. The zero-order valence-electron chi connectivity index (χ0n) is 20.4. The summed E-state index contributed by atoms with van der Waals surface area (Å²) in [6.45, 7) is 7.07. The summed E-state index contributed by atoms with van der Waals surface area (Å²) < 4.78 is 40.7. The van der Waals surface area contributed by atoms with E-state index in [2.05, 4.69) is 41.9 Å². The van der Waals surface area contributed by atoms with E-state index in [1.807, 2.05) is 19.1 Å². The maximum Gasteiger partial charge on any atom is 0.411 e. The minimum Gasteiger partial charge on any atom is -0.447 e. The molecule has 2 amide bonds. The summed E-state index contributed by atoms with van der Waals surface area (Å²) in [6, 6.07) is 10.9. The number of hydrogen-bond acceptors (Lipinski definition) is 6. The molecule has 2 atom stereocenters. The van der Waals surface area contributed by atoms with Gasteiger partial charge in [0.2, 0.25) is 10.0 Å². The van der Waals surface area contributed by atoms with Crippen LogP contribution in [0.5, 0.6) is 0 Å². The van der Waals surface area contributed by atoms with E-state index in [1.165, 1.54) is 11.0 Å². The Balaban J connectivity index is 1.72. The zero-order valence-corrected chi connectivity index (χ0v) is 24.4. The number of ether oxygens (including phenoxy) is 2. The molecule has 0 aromatic heterocycles. The second kappa shape index (κ2) is 11.5. The standard InChI is InChI=1S/C24H29Br2N3O6S/c1-15-6-5-7-17(10-15)27-22(30)34-14-19-12-18(13-29(19)23(31)35-24(2,3)4)28-36(32,33)21-11-16(25)8-9-20(21)26/h5-11,18-19,28H,12-14H2,1-4H3,(H,27,30)/t18-,19-/m1/s1. The van der Waals surface area contributed by atoms with Crippen molar-refractivity contribution in [1.29, 1.82) is 0 Å². The number of carbonyl (C=O) groups is 2. The van der Waals surface area contributed by atoms with Crippen LogP contribution in [0.2, 0.25) is 0 Å². The molecule has 1 fully saturated rings. The number of rotatable bonds is 6. The van der Waals surface area contributed by atoms with Crippen LogP contribution < -0.4 is 10.0 Å². The molecule has 0 radical (unpaired) electrons. The lowest BCUT2D eigenvalue weighted by Crippen LogP contribution is -2.43. The fourth-order valence-corrected chi connectivity index (χ4v) is 6.46. The van der Waals surface area contributed by atoms with E-state index in [0.717, 1.165) is 5.56 Å². The Morgan fingerprint density at radius 2 is 1.86 bits per heavy atom. The molecule has 36 heavy (non-hydrogen) atoms. The van der Waals surface area contributed by atoms with Crippen LogP contribution in [-0.2, 0) is 19.5 Å². The lowest BCUT2D eigenvalue weighted by molar-refractivity contribution is 0.0163.